The van der Waals surface area contributed by atoms with Crippen LogP contribution in [0.3, 0.4) is 0 Å². The molecule has 3 aromatic carbocycles. The molecule has 3 unspecified atom stereocenters. The van der Waals surface area contributed by atoms with Crippen LogP contribution < -0.4 is 0 Å². The van der Waals surface area contributed by atoms with Crippen molar-refractivity contribution in [3.8, 4) is 0 Å². The highest BCUT2D eigenvalue weighted by atomic mass is 35.5. The molecule has 29 heavy (non-hydrogen) atoms. The summed E-state index contributed by atoms with van der Waals surface area (Å²) in [6, 6.07) is 26.0. The van der Waals surface area contributed by atoms with Gasteiger partial charge in [0.2, 0.25) is 0 Å². The lowest BCUT2D eigenvalue weighted by molar-refractivity contribution is -0.0770. The number of halogens is 1. The van der Waals surface area contributed by atoms with E-state index in [0.29, 0.717) is 0 Å². The molecular weight excluding hydrogens is 378 g/mol. The van der Waals surface area contributed by atoms with E-state index in [1.54, 1.807) is 0 Å². The Labute approximate surface area is 181 Å². The smallest absolute Gasteiger partial charge is 0.0734 e. The van der Waals surface area contributed by atoms with Crippen LogP contribution in [0.2, 0.25) is 0 Å². The summed E-state index contributed by atoms with van der Waals surface area (Å²) < 4.78 is 0. The fourth-order valence-electron chi connectivity index (χ4n) is 5.15. The highest BCUT2D eigenvalue weighted by Gasteiger charge is 2.44. The Morgan fingerprint density at radius 3 is 2.34 bits per heavy atom. The van der Waals surface area contributed by atoms with Crippen molar-refractivity contribution in [2.75, 3.05) is 14.1 Å². The van der Waals surface area contributed by atoms with Gasteiger partial charge in [0, 0.05) is 18.4 Å². The first kappa shape index (κ1) is 21.8. The van der Waals surface area contributed by atoms with Crippen molar-refractivity contribution in [3.05, 3.63) is 83.9 Å². The van der Waals surface area contributed by atoms with Gasteiger partial charge in [-0.3, -0.25) is 0 Å². The van der Waals surface area contributed by atoms with Gasteiger partial charge in [-0.25, -0.2) is 0 Å². The number of aliphatic hydroxyl groups is 1. The maximum Gasteiger partial charge on any atom is 0.0734 e. The Bertz CT molecular complexity index is 926. The second-order valence-electron chi connectivity index (χ2n) is 8.63. The van der Waals surface area contributed by atoms with E-state index in [4.69, 9.17) is 0 Å². The second-order valence-corrected chi connectivity index (χ2v) is 8.63. The Morgan fingerprint density at radius 2 is 1.62 bits per heavy atom. The zero-order valence-corrected chi connectivity index (χ0v) is 18.2. The third-order valence-electron chi connectivity index (χ3n) is 6.47. The van der Waals surface area contributed by atoms with Crippen LogP contribution in [0.5, 0.6) is 0 Å². The molecule has 4 rings (SSSR count). The average Bonchev–Trinajstić information content (AvgIpc) is 2.70. The summed E-state index contributed by atoms with van der Waals surface area (Å²) in [7, 11) is 4.30. The topological polar surface area (TPSA) is 23.5 Å². The van der Waals surface area contributed by atoms with Gasteiger partial charge in [-0.1, -0.05) is 79.6 Å². The van der Waals surface area contributed by atoms with Gasteiger partial charge in [-0.2, -0.15) is 0 Å². The lowest BCUT2D eigenvalue weighted by Gasteiger charge is -2.46. The van der Waals surface area contributed by atoms with Gasteiger partial charge in [-0.05, 0) is 54.9 Å². The van der Waals surface area contributed by atoms with Crippen LogP contribution in [-0.4, -0.2) is 29.7 Å². The van der Waals surface area contributed by atoms with E-state index in [-0.39, 0.29) is 24.4 Å². The molecule has 0 bridgehead atoms. The lowest BCUT2D eigenvalue weighted by atomic mass is 9.67. The number of hydrogen-bond donors (Lipinski definition) is 1. The molecule has 3 aromatic rings. The molecule has 1 aliphatic rings. The number of fused-ring (bicyclic) bond motifs is 1. The lowest BCUT2D eigenvalue weighted by Crippen LogP contribution is -2.48. The Kier molecular flexibility index (Phi) is 7.00. The predicted octanol–water partition coefficient (Wildman–Crippen LogP) is 6.03. The van der Waals surface area contributed by atoms with E-state index >= 15 is 0 Å². The first-order chi connectivity index (χ1) is 13.6. The van der Waals surface area contributed by atoms with Crippen LogP contribution in [-0.2, 0) is 6.42 Å². The minimum Gasteiger partial charge on any atom is -0.389 e. The first-order valence-electron chi connectivity index (χ1n) is 10.5. The van der Waals surface area contributed by atoms with Crippen molar-refractivity contribution >= 4 is 23.2 Å². The molecule has 0 amide bonds. The molecule has 154 valence electrons. The average molecular weight is 410 g/mol. The van der Waals surface area contributed by atoms with Gasteiger partial charge in [0.25, 0.3) is 0 Å². The number of rotatable bonds is 5. The molecule has 1 N–H and O–H groups in total. The highest BCUT2D eigenvalue weighted by Crippen LogP contribution is 2.45. The minimum absolute atomic E-state index is 0. The third-order valence-corrected chi connectivity index (χ3v) is 6.47. The SMILES string of the molecule is CN(C)C(c1ccc2ccccc2c1)C1CCCCC1(O)Cc1ccccc1.Cl. The molecule has 3 heteroatoms. The summed E-state index contributed by atoms with van der Waals surface area (Å²) in [6.07, 6.45) is 4.98. The van der Waals surface area contributed by atoms with E-state index in [2.05, 4.69) is 85.7 Å². The molecule has 1 aliphatic carbocycles. The van der Waals surface area contributed by atoms with Gasteiger partial charge in [0.1, 0.15) is 0 Å². The summed E-state index contributed by atoms with van der Waals surface area (Å²) >= 11 is 0. The summed E-state index contributed by atoms with van der Waals surface area (Å²) in [4.78, 5) is 2.30. The highest BCUT2D eigenvalue weighted by molar-refractivity contribution is 5.85. The monoisotopic (exact) mass is 409 g/mol. The van der Waals surface area contributed by atoms with E-state index in [0.717, 1.165) is 25.7 Å². The van der Waals surface area contributed by atoms with Gasteiger partial charge in [-0.15, -0.1) is 12.4 Å². The van der Waals surface area contributed by atoms with E-state index in [1.165, 1.54) is 28.3 Å². The molecule has 0 aliphatic heterocycles. The fourth-order valence-corrected chi connectivity index (χ4v) is 5.15. The van der Waals surface area contributed by atoms with Crippen LogP contribution in [0.25, 0.3) is 10.8 Å². The van der Waals surface area contributed by atoms with Crippen molar-refractivity contribution in [1.82, 2.24) is 4.90 Å². The van der Waals surface area contributed by atoms with E-state index in [1.807, 2.05) is 6.07 Å². The Morgan fingerprint density at radius 1 is 0.931 bits per heavy atom. The van der Waals surface area contributed by atoms with Gasteiger partial charge in [0.05, 0.1) is 5.60 Å². The largest absolute Gasteiger partial charge is 0.389 e. The van der Waals surface area contributed by atoms with Crippen molar-refractivity contribution < 1.29 is 5.11 Å². The molecule has 3 atom stereocenters. The van der Waals surface area contributed by atoms with E-state index < -0.39 is 5.60 Å². The molecule has 0 spiro atoms. The zero-order chi connectivity index (χ0) is 19.6. The molecule has 0 radical (unpaired) electrons. The summed E-state index contributed by atoms with van der Waals surface area (Å²) in [5, 5.41) is 14.4. The van der Waals surface area contributed by atoms with Gasteiger partial charge in [0.15, 0.2) is 0 Å². The Hall–Kier alpha value is -1.87. The van der Waals surface area contributed by atoms with Crippen molar-refractivity contribution in [3.63, 3.8) is 0 Å². The number of hydrogen-bond acceptors (Lipinski definition) is 2. The van der Waals surface area contributed by atoms with Crippen molar-refractivity contribution in [2.24, 2.45) is 5.92 Å². The molecular formula is C26H32ClNO. The standard InChI is InChI=1S/C26H31NO.ClH/c1-27(2)25(23-16-15-21-12-6-7-13-22(21)18-23)24-14-8-9-17-26(24,28)19-20-10-4-3-5-11-20;/h3-7,10-13,15-16,18,24-25,28H,8-9,14,17,19H2,1-2H3;1H. The van der Waals surface area contributed by atoms with Gasteiger partial charge >= 0.3 is 0 Å². The van der Waals surface area contributed by atoms with Crippen LogP contribution >= 0.6 is 12.4 Å². The van der Waals surface area contributed by atoms with Crippen molar-refractivity contribution in [2.45, 2.75) is 43.7 Å². The zero-order valence-electron chi connectivity index (χ0n) is 17.4. The van der Waals surface area contributed by atoms with Crippen molar-refractivity contribution in [1.29, 1.82) is 0 Å². The van der Waals surface area contributed by atoms with Crippen LogP contribution in [0.4, 0.5) is 0 Å². The third kappa shape index (κ3) is 4.66. The second kappa shape index (κ2) is 9.30. The summed E-state index contributed by atoms with van der Waals surface area (Å²) in [5.41, 5.74) is 1.87. The maximum absolute atomic E-state index is 11.9. The Balaban J connectivity index is 0.00000240. The molecule has 1 saturated carbocycles. The maximum atomic E-state index is 11.9. The summed E-state index contributed by atoms with van der Waals surface area (Å²) in [5.74, 6) is 0.220. The molecule has 0 heterocycles. The van der Waals surface area contributed by atoms with Crippen LogP contribution in [0.1, 0.15) is 42.9 Å². The molecule has 0 aromatic heterocycles. The quantitative estimate of drug-likeness (QED) is 0.556. The van der Waals surface area contributed by atoms with Crippen LogP contribution in [0.15, 0.2) is 72.8 Å². The summed E-state index contributed by atoms with van der Waals surface area (Å²) in [6.45, 7) is 0. The first-order valence-corrected chi connectivity index (χ1v) is 10.5. The molecule has 0 saturated heterocycles. The van der Waals surface area contributed by atoms with E-state index in [9.17, 15) is 5.11 Å². The molecule has 2 nitrogen and oxygen atoms in total. The van der Waals surface area contributed by atoms with Gasteiger partial charge < -0.3 is 10.0 Å². The normalized spacial score (nSPS) is 23.0. The number of benzene rings is 3. The molecule has 1 fully saturated rings. The minimum atomic E-state index is -0.666. The fraction of sp³-hybridized carbons (Fsp3) is 0.385. The predicted molar refractivity (Wildman–Crippen MR) is 125 cm³/mol. The number of nitrogens with zero attached hydrogens (tertiary/aromatic N) is 1. The van der Waals surface area contributed by atoms with Crippen LogP contribution in [0, 0.1) is 5.92 Å².